The third-order valence-corrected chi connectivity index (χ3v) is 6.57. The summed E-state index contributed by atoms with van der Waals surface area (Å²) >= 11 is 4.75. The summed E-state index contributed by atoms with van der Waals surface area (Å²) in [7, 11) is 0. The lowest BCUT2D eigenvalue weighted by Crippen LogP contribution is -2.21. The van der Waals surface area contributed by atoms with E-state index in [1.165, 1.54) is 11.3 Å². The number of hydrogen-bond acceptors (Lipinski definition) is 7. The molecule has 9 heteroatoms. The van der Waals surface area contributed by atoms with E-state index < -0.39 is 11.9 Å². The number of thiophene rings is 1. The highest BCUT2D eigenvalue weighted by atomic mass is 79.9. The number of carbonyl (C=O) groups excluding carboxylic acids is 1. The molecule has 1 aliphatic heterocycles. The first-order valence-corrected chi connectivity index (χ1v) is 11.5. The van der Waals surface area contributed by atoms with Crippen molar-refractivity contribution in [3.63, 3.8) is 0 Å². The van der Waals surface area contributed by atoms with Crippen molar-refractivity contribution >= 4 is 33.2 Å². The molecule has 33 heavy (non-hydrogen) atoms. The van der Waals surface area contributed by atoms with Gasteiger partial charge in [-0.1, -0.05) is 46.3 Å². The van der Waals surface area contributed by atoms with E-state index in [9.17, 15) is 10.1 Å². The van der Waals surface area contributed by atoms with Crippen LogP contribution in [0.25, 0.3) is 11.3 Å². The van der Waals surface area contributed by atoms with Crippen LogP contribution in [0.15, 0.2) is 82.0 Å². The molecule has 0 fully saturated rings. The van der Waals surface area contributed by atoms with Crippen molar-refractivity contribution in [2.24, 2.45) is 5.73 Å². The number of nitriles is 1. The van der Waals surface area contributed by atoms with Gasteiger partial charge in [0.1, 0.15) is 22.3 Å². The smallest absolute Gasteiger partial charge is 0.353 e. The second-order valence-electron chi connectivity index (χ2n) is 7.19. The van der Waals surface area contributed by atoms with Crippen molar-refractivity contribution in [1.82, 2.24) is 10.2 Å². The number of esters is 1. The Morgan fingerprint density at radius 3 is 2.76 bits per heavy atom. The molecule has 4 aromatic rings. The molecule has 2 aromatic heterocycles. The fourth-order valence-electron chi connectivity index (χ4n) is 3.72. The molecule has 2 aromatic carbocycles. The third-order valence-electron chi connectivity index (χ3n) is 5.20. The van der Waals surface area contributed by atoms with Crippen LogP contribution in [-0.2, 0) is 0 Å². The number of hydrogen-bond donors (Lipinski definition) is 2. The molecule has 3 heterocycles. The molecular formula is C24H15BrN4O3S. The zero-order chi connectivity index (χ0) is 22.9. The Bertz CT molecular complexity index is 1420. The van der Waals surface area contributed by atoms with Crippen molar-refractivity contribution in [1.29, 1.82) is 5.26 Å². The molecule has 3 N–H and O–H groups in total. The number of rotatable bonds is 4. The van der Waals surface area contributed by atoms with Crippen LogP contribution in [0.1, 0.15) is 26.7 Å². The Hall–Kier alpha value is -3.87. The molecule has 1 aliphatic rings. The molecule has 0 saturated heterocycles. The number of H-pyrrole nitrogens is 1. The number of nitrogens with zero attached hydrogens (tertiary/aromatic N) is 2. The maximum absolute atomic E-state index is 12.4. The molecule has 1 atom stereocenters. The van der Waals surface area contributed by atoms with Crippen LogP contribution in [0.5, 0.6) is 11.6 Å². The molecule has 7 nitrogen and oxygen atoms in total. The number of fused-ring (bicyclic) bond motifs is 1. The highest BCUT2D eigenvalue weighted by Crippen LogP contribution is 2.46. The van der Waals surface area contributed by atoms with Crippen molar-refractivity contribution in [3.8, 4) is 29.0 Å². The second kappa shape index (κ2) is 8.58. The van der Waals surface area contributed by atoms with E-state index in [1.54, 1.807) is 30.3 Å². The van der Waals surface area contributed by atoms with Crippen LogP contribution in [0.4, 0.5) is 0 Å². The lowest BCUT2D eigenvalue weighted by atomic mass is 9.83. The summed E-state index contributed by atoms with van der Waals surface area (Å²) < 4.78 is 12.2. The Balaban J connectivity index is 1.59. The van der Waals surface area contributed by atoms with E-state index in [-0.39, 0.29) is 11.5 Å². The predicted molar refractivity (Wildman–Crippen MR) is 127 cm³/mol. The highest BCUT2D eigenvalue weighted by molar-refractivity contribution is 9.10. The Morgan fingerprint density at radius 1 is 1.21 bits per heavy atom. The van der Waals surface area contributed by atoms with Crippen LogP contribution < -0.4 is 15.2 Å². The molecule has 0 amide bonds. The van der Waals surface area contributed by atoms with Gasteiger partial charge in [-0.05, 0) is 41.3 Å². The van der Waals surface area contributed by atoms with Gasteiger partial charge in [0, 0.05) is 10.0 Å². The average molecular weight is 519 g/mol. The van der Waals surface area contributed by atoms with Crippen LogP contribution in [0.2, 0.25) is 0 Å². The first kappa shape index (κ1) is 21.0. The highest BCUT2D eigenvalue weighted by Gasteiger charge is 2.35. The number of benzene rings is 2. The maximum Gasteiger partial charge on any atom is 0.353 e. The number of halogens is 1. The van der Waals surface area contributed by atoms with Gasteiger partial charge in [0.15, 0.2) is 0 Å². The number of nitrogens with two attached hydrogens (primary N) is 1. The van der Waals surface area contributed by atoms with E-state index >= 15 is 0 Å². The van der Waals surface area contributed by atoms with E-state index in [1.807, 2.05) is 35.7 Å². The first-order valence-electron chi connectivity index (χ1n) is 9.82. The van der Waals surface area contributed by atoms with Gasteiger partial charge in [-0.25, -0.2) is 4.79 Å². The van der Waals surface area contributed by atoms with Crippen LogP contribution >= 0.6 is 27.3 Å². The standard InChI is InChI=1S/C24H15BrN4O3S/c25-15-8-6-13(7-9-15)21-20-19(17(12-26)22(27)32-23(20)29-28-21)14-3-1-4-16(11-14)31-24(30)18-5-2-10-33-18/h1-11,19H,27H2,(H,28,29)/t19-/m0/s1. The summed E-state index contributed by atoms with van der Waals surface area (Å²) in [5.41, 5.74) is 9.32. The SMILES string of the molecule is N#CC1=C(N)Oc2n[nH]c(-c3ccc(Br)cc3)c2[C@H]1c1cccc(OC(=O)c2cccs2)c1. The monoisotopic (exact) mass is 518 g/mol. The Labute approximate surface area is 201 Å². The topological polar surface area (TPSA) is 114 Å². The summed E-state index contributed by atoms with van der Waals surface area (Å²) in [6.07, 6.45) is 0. The maximum atomic E-state index is 12.4. The molecule has 5 rings (SSSR count). The van der Waals surface area contributed by atoms with Gasteiger partial charge in [-0.3, -0.25) is 5.10 Å². The lowest BCUT2D eigenvalue weighted by Gasteiger charge is -2.24. The van der Waals surface area contributed by atoms with Gasteiger partial charge in [0.05, 0.1) is 17.2 Å². The summed E-state index contributed by atoms with van der Waals surface area (Å²) in [5.74, 6) is -0.343. The number of aromatic amines is 1. The fraction of sp³-hybridized carbons (Fsp3) is 0.0417. The van der Waals surface area contributed by atoms with E-state index in [4.69, 9.17) is 15.2 Å². The first-order chi connectivity index (χ1) is 16.0. The number of ether oxygens (including phenoxy) is 2. The largest absolute Gasteiger partial charge is 0.422 e. The molecule has 0 saturated carbocycles. The third kappa shape index (κ3) is 3.91. The van der Waals surface area contributed by atoms with Gasteiger partial charge in [0.25, 0.3) is 0 Å². The number of aromatic nitrogens is 2. The minimum Gasteiger partial charge on any atom is -0.422 e. The van der Waals surface area contributed by atoms with Crippen molar-refractivity contribution in [3.05, 3.63) is 98.0 Å². The van der Waals surface area contributed by atoms with Gasteiger partial charge in [-0.2, -0.15) is 5.26 Å². The fourth-order valence-corrected chi connectivity index (χ4v) is 4.59. The Kier molecular flexibility index (Phi) is 5.46. The Morgan fingerprint density at radius 2 is 2.03 bits per heavy atom. The quantitative estimate of drug-likeness (QED) is 0.278. The van der Waals surface area contributed by atoms with Crippen LogP contribution in [0.3, 0.4) is 0 Å². The van der Waals surface area contributed by atoms with Crippen molar-refractivity contribution in [2.75, 3.05) is 0 Å². The van der Waals surface area contributed by atoms with E-state index in [0.717, 1.165) is 15.6 Å². The normalized spacial score (nSPS) is 14.8. The minimum absolute atomic E-state index is 0.00941. The minimum atomic E-state index is -0.559. The lowest BCUT2D eigenvalue weighted by molar-refractivity contribution is 0.0739. The van der Waals surface area contributed by atoms with Gasteiger partial charge >= 0.3 is 5.97 Å². The number of carbonyl (C=O) groups is 1. The summed E-state index contributed by atoms with van der Waals surface area (Å²) in [6, 6.07) is 20.4. The number of nitrogens with one attached hydrogen (secondary N) is 1. The zero-order valence-corrected chi connectivity index (χ0v) is 19.3. The molecule has 0 spiro atoms. The average Bonchev–Trinajstić information content (AvgIpc) is 3.49. The van der Waals surface area contributed by atoms with E-state index in [2.05, 4.69) is 32.2 Å². The molecule has 162 valence electrons. The molecule has 0 bridgehead atoms. The summed E-state index contributed by atoms with van der Waals surface area (Å²) in [5, 5.41) is 19.0. The van der Waals surface area contributed by atoms with Crippen LogP contribution in [0, 0.1) is 11.3 Å². The predicted octanol–water partition coefficient (Wildman–Crippen LogP) is 5.34. The van der Waals surface area contributed by atoms with Crippen molar-refractivity contribution < 1.29 is 14.3 Å². The van der Waals surface area contributed by atoms with Gasteiger partial charge in [0.2, 0.25) is 11.8 Å². The van der Waals surface area contributed by atoms with Crippen molar-refractivity contribution in [2.45, 2.75) is 5.92 Å². The number of allylic oxidation sites excluding steroid dienone is 1. The molecule has 0 unspecified atom stereocenters. The zero-order valence-electron chi connectivity index (χ0n) is 16.9. The molecular weight excluding hydrogens is 504 g/mol. The van der Waals surface area contributed by atoms with Crippen LogP contribution in [-0.4, -0.2) is 16.2 Å². The summed E-state index contributed by atoms with van der Waals surface area (Å²) in [4.78, 5) is 12.9. The summed E-state index contributed by atoms with van der Waals surface area (Å²) in [6.45, 7) is 0. The van der Waals surface area contributed by atoms with Gasteiger partial charge < -0.3 is 15.2 Å². The second-order valence-corrected chi connectivity index (χ2v) is 9.05. The van der Waals surface area contributed by atoms with E-state index in [0.29, 0.717) is 27.8 Å². The molecule has 0 aliphatic carbocycles. The molecule has 0 radical (unpaired) electrons. The van der Waals surface area contributed by atoms with Gasteiger partial charge in [-0.15, -0.1) is 16.4 Å².